The molecule has 3 rings (SSSR count). The lowest BCUT2D eigenvalue weighted by molar-refractivity contribution is -0.0743. The number of imide groups is 1. The van der Waals surface area contributed by atoms with Crippen molar-refractivity contribution in [2.24, 2.45) is 10.8 Å². The number of hydrogen-bond donors (Lipinski definition) is 2. The molecule has 4 amide bonds. The molecule has 2 N–H and O–H groups in total. The Labute approximate surface area is 187 Å². The molecule has 1 fully saturated rings. The molecule has 32 heavy (non-hydrogen) atoms. The Bertz CT molecular complexity index is 926. The Morgan fingerprint density at radius 3 is 1.78 bits per heavy atom. The van der Waals surface area contributed by atoms with E-state index in [9.17, 15) is 29.4 Å². The molecular weight excluding hydrogens is 414 g/mol. The van der Waals surface area contributed by atoms with Crippen molar-refractivity contribution in [2.75, 3.05) is 13.1 Å². The normalized spacial score (nSPS) is 24.1. The molecule has 0 radical (unpaired) electrons. The second-order valence-electron chi connectivity index (χ2n) is 10.7. The number of carbonyl (C=O) groups is 4. The summed E-state index contributed by atoms with van der Waals surface area (Å²) in [5, 5.41) is 20.2. The molecule has 1 aromatic rings. The maximum absolute atomic E-state index is 13.0. The number of nitrogens with zero attached hydrogens (tertiary/aromatic N) is 3. The molecule has 2 aliphatic heterocycles. The van der Waals surface area contributed by atoms with E-state index in [4.69, 9.17) is 0 Å². The molecule has 1 aromatic carbocycles. The average Bonchev–Trinajstić information content (AvgIpc) is 2.90. The minimum atomic E-state index is -1.21. The van der Waals surface area contributed by atoms with E-state index in [1.807, 2.05) is 41.5 Å². The smallest absolute Gasteiger partial charge is 0.407 e. The zero-order chi connectivity index (χ0) is 24.2. The number of benzene rings is 1. The van der Waals surface area contributed by atoms with E-state index in [1.165, 1.54) is 9.80 Å². The molecule has 9 nitrogen and oxygen atoms in total. The molecule has 3 atom stereocenters. The minimum absolute atomic E-state index is 0.0501. The maximum Gasteiger partial charge on any atom is 0.407 e. The molecule has 0 bridgehead atoms. The predicted molar refractivity (Wildman–Crippen MR) is 117 cm³/mol. The zero-order valence-electron chi connectivity index (χ0n) is 19.3. The van der Waals surface area contributed by atoms with Crippen molar-refractivity contribution in [2.45, 2.75) is 59.7 Å². The number of amides is 4. The van der Waals surface area contributed by atoms with E-state index in [0.717, 1.165) is 4.90 Å². The number of fused-ring (bicyclic) bond motifs is 1. The second-order valence-corrected chi connectivity index (χ2v) is 10.7. The van der Waals surface area contributed by atoms with E-state index in [2.05, 4.69) is 0 Å². The summed E-state index contributed by atoms with van der Waals surface area (Å²) in [5.74, 6) is -0.994. The van der Waals surface area contributed by atoms with Gasteiger partial charge in [0.25, 0.3) is 11.8 Å². The van der Waals surface area contributed by atoms with Crippen molar-refractivity contribution in [1.82, 2.24) is 14.7 Å². The number of piperazine rings is 1. The highest BCUT2D eigenvalue weighted by Gasteiger charge is 2.54. The monoisotopic (exact) mass is 445 g/mol. The molecular formula is C23H31N3O6. The summed E-state index contributed by atoms with van der Waals surface area (Å²) in [6.45, 7) is 10.9. The molecule has 174 valence electrons. The van der Waals surface area contributed by atoms with Crippen LogP contribution in [0.15, 0.2) is 24.3 Å². The predicted octanol–water partition coefficient (Wildman–Crippen LogP) is 3.45. The molecule has 0 aromatic heterocycles. The van der Waals surface area contributed by atoms with Gasteiger partial charge in [-0.05, 0) is 23.0 Å². The molecule has 0 aliphatic carbocycles. The van der Waals surface area contributed by atoms with Crippen molar-refractivity contribution in [3.05, 3.63) is 35.4 Å². The summed E-state index contributed by atoms with van der Waals surface area (Å²) in [7, 11) is 0. The second kappa shape index (κ2) is 7.79. The Kier molecular flexibility index (Phi) is 5.74. The van der Waals surface area contributed by atoms with Crippen LogP contribution in [0.4, 0.5) is 9.59 Å². The standard InChI is InChI=1S/C23H31N3O6/c1-22(2,3)16-12-24(20(29)30)15(17(23(4,5)6)26(16)21(31)32)11-25-18(27)13-9-7-8-10-14(13)19(25)28/h7-10,15-17H,11-12H2,1-6H3,(H,29,30)(H,31,32). The summed E-state index contributed by atoms with van der Waals surface area (Å²) < 4.78 is 0. The SMILES string of the molecule is CC(C)(C)C1CN(C(=O)O)C(CN2C(=O)c3ccccc3C2=O)C(C(C)(C)C)N1C(=O)O. The zero-order valence-corrected chi connectivity index (χ0v) is 19.3. The van der Waals surface area contributed by atoms with Gasteiger partial charge in [0.05, 0.1) is 35.8 Å². The highest BCUT2D eigenvalue weighted by Crippen LogP contribution is 2.40. The Morgan fingerprint density at radius 2 is 1.41 bits per heavy atom. The summed E-state index contributed by atoms with van der Waals surface area (Å²) in [6, 6.07) is 4.16. The van der Waals surface area contributed by atoms with Gasteiger partial charge in [0.1, 0.15) is 0 Å². The first kappa shape index (κ1) is 23.6. The van der Waals surface area contributed by atoms with Gasteiger partial charge in [-0.15, -0.1) is 0 Å². The Hall–Kier alpha value is -3.10. The van der Waals surface area contributed by atoms with E-state index in [-0.39, 0.29) is 24.2 Å². The van der Waals surface area contributed by atoms with E-state index < -0.39 is 53.0 Å². The molecule has 9 heteroatoms. The molecule has 0 spiro atoms. The minimum Gasteiger partial charge on any atom is -0.465 e. The first-order valence-corrected chi connectivity index (χ1v) is 10.6. The van der Waals surface area contributed by atoms with Crippen LogP contribution in [0.3, 0.4) is 0 Å². The van der Waals surface area contributed by atoms with Crippen molar-refractivity contribution < 1.29 is 29.4 Å². The van der Waals surface area contributed by atoms with Crippen LogP contribution in [0, 0.1) is 10.8 Å². The third-order valence-corrected chi connectivity index (χ3v) is 6.37. The van der Waals surface area contributed by atoms with Gasteiger partial charge in [-0.3, -0.25) is 24.3 Å². The fourth-order valence-electron chi connectivity index (χ4n) is 4.91. The van der Waals surface area contributed by atoms with Crippen LogP contribution >= 0.6 is 0 Å². The first-order valence-electron chi connectivity index (χ1n) is 10.6. The van der Waals surface area contributed by atoms with Crippen molar-refractivity contribution in [3.63, 3.8) is 0 Å². The quantitative estimate of drug-likeness (QED) is 0.673. The number of carbonyl (C=O) groups excluding carboxylic acids is 2. The van der Waals surface area contributed by atoms with Crippen LogP contribution in [-0.2, 0) is 0 Å². The van der Waals surface area contributed by atoms with Gasteiger partial charge >= 0.3 is 12.2 Å². The Morgan fingerprint density at radius 1 is 0.906 bits per heavy atom. The van der Waals surface area contributed by atoms with E-state index in [0.29, 0.717) is 0 Å². The number of carboxylic acid groups (broad SMARTS) is 2. The van der Waals surface area contributed by atoms with Gasteiger partial charge in [0.15, 0.2) is 0 Å². The summed E-state index contributed by atoms with van der Waals surface area (Å²) in [4.78, 5) is 54.3. The summed E-state index contributed by atoms with van der Waals surface area (Å²) in [6.07, 6.45) is -2.36. The molecule has 2 heterocycles. The summed E-state index contributed by atoms with van der Waals surface area (Å²) in [5.41, 5.74) is -0.662. The molecule has 1 saturated heterocycles. The van der Waals surface area contributed by atoms with Crippen LogP contribution in [-0.4, -0.2) is 80.1 Å². The van der Waals surface area contributed by atoms with Gasteiger partial charge in [0, 0.05) is 6.54 Å². The lowest BCUT2D eigenvalue weighted by Gasteiger charge is -2.57. The van der Waals surface area contributed by atoms with Gasteiger partial charge in [-0.25, -0.2) is 9.59 Å². The topological polar surface area (TPSA) is 118 Å². The highest BCUT2D eigenvalue weighted by atomic mass is 16.4. The lowest BCUT2D eigenvalue weighted by atomic mass is 9.74. The van der Waals surface area contributed by atoms with Crippen LogP contribution in [0.25, 0.3) is 0 Å². The lowest BCUT2D eigenvalue weighted by Crippen LogP contribution is -2.73. The Balaban J connectivity index is 2.09. The van der Waals surface area contributed by atoms with Gasteiger partial charge in [-0.1, -0.05) is 53.7 Å². The fraction of sp³-hybridized carbons (Fsp3) is 0.565. The van der Waals surface area contributed by atoms with Crippen LogP contribution in [0.1, 0.15) is 62.3 Å². The van der Waals surface area contributed by atoms with Crippen LogP contribution in [0.2, 0.25) is 0 Å². The van der Waals surface area contributed by atoms with Gasteiger partial charge in [0.2, 0.25) is 0 Å². The first-order chi connectivity index (χ1) is 14.7. The summed E-state index contributed by atoms with van der Waals surface area (Å²) >= 11 is 0. The highest BCUT2D eigenvalue weighted by molar-refractivity contribution is 6.21. The van der Waals surface area contributed by atoms with Gasteiger partial charge in [-0.2, -0.15) is 0 Å². The molecule has 2 aliphatic rings. The van der Waals surface area contributed by atoms with Gasteiger partial charge < -0.3 is 10.2 Å². The van der Waals surface area contributed by atoms with E-state index in [1.54, 1.807) is 24.3 Å². The fourth-order valence-corrected chi connectivity index (χ4v) is 4.91. The van der Waals surface area contributed by atoms with Crippen molar-refractivity contribution >= 4 is 24.0 Å². The number of rotatable bonds is 2. The number of hydrogen-bond acceptors (Lipinski definition) is 4. The van der Waals surface area contributed by atoms with Crippen molar-refractivity contribution in [3.8, 4) is 0 Å². The van der Waals surface area contributed by atoms with E-state index >= 15 is 0 Å². The third-order valence-electron chi connectivity index (χ3n) is 6.37. The average molecular weight is 446 g/mol. The molecule has 3 unspecified atom stereocenters. The molecule has 0 saturated carbocycles. The third kappa shape index (κ3) is 3.91. The van der Waals surface area contributed by atoms with Crippen LogP contribution < -0.4 is 0 Å². The maximum atomic E-state index is 13.0. The largest absolute Gasteiger partial charge is 0.465 e. The van der Waals surface area contributed by atoms with Crippen LogP contribution in [0.5, 0.6) is 0 Å². The van der Waals surface area contributed by atoms with Crippen molar-refractivity contribution in [1.29, 1.82) is 0 Å².